The van der Waals surface area contributed by atoms with Crippen LogP contribution in [0.1, 0.15) is 32.1 Å². The molecule has 2 aliphatic carbocycles. The van der Waals surface area contributed by atoms with Crippen LogP contribution < -0.4 is 4.74 Å². The average molecular weight is 400 g/mol. The fraction of sp³-hybridized carbons (Fsp3) is 0.458. The number of carboxylic acid groups (broad SMARTS) is 1. The van der Waals surface area contributed by atoms with Gasteiger partial charge in [-0.2, -0.15) is 0 Å². The lowest BCUT2D eigenvalue weighted by Crippen LogP contribution is -2.19. The standard InChI is InChI=1S/C24H29FO4/c25-19-9-12-21(13-10-19)29-16-20(26)11-14-23-18-8-7-17(15-18)22(23)5-3-1-2-4-6-24(27)28/h1,3,7-14,17-18,20,22-23,26H,2,4-6,15-16H2,(H,27,28)/b3-1-,14-11+/t17?,18?,20-,22+,23+/m1/s1. The summed E-state index contributed by atoms with van der Waals surface area (Å²) < 4.78 is 18.4. The van der Waals surface area contributed by atoms with Gasteiger partial charge in [0, 0.05) is 6.42 Å². The molecule has 5 heteroatoms. The molecule has 2 unspecified atom stereocenters. The third-order valence-electron chi connectivity index (χ3n) is 5.81. The molecule has 1 aromatic carbocycles. The first-order valence-electron chi connectivity index (χ1n) is 10.3. The Kier molecular flexibility index (Phi) is 7.64. The third kappa shape index (κ3) is 6.29. The first-order chi connectivity index (χ1) is 14.0. The van der Waals surface area contributed by atoms with Crippen molar-refractivity contribution >= 4 is 5.97 Å². The minimum absolute atomic E-state index is 0.132. The maximum Gasteiger partial charge on any atom is 0.303 e. The number of carboxylic acids is 1. The quantitative estimate of drug-likeness (QED) is 0.415. The highest BCUT2D eigenvalue weighted by molar-refractivity contribution is 5.66. The van der Waals surface area contributed by atoms with Crippen molar-refractivity contribution in [2.75, 3.05) is 6.61 Å². The second-order valence-corrected chi connectivity index (χ2v) is 7.90. The molecule has 0 saturated heterocycles. The normalized spacial score (nSPS) is 26.6. The molecule has 3 rings (SSSR count). The molecule has 0 heterocycles. The van der Waals surface area contributed by atoms with E-state index in [1.165, 1.54) is 12.1 Å². The summed E-state index contributed by atoms with van der Waals surface area (Å²) in [6.45, 7) is 0.132. The molecule has 0 radical (unpaired) electrons. The van der Waals surface area contributed by atoms with Crippen molar-refractivity contribution in [2.45, 2.75) is 38.2 Å². The highest BCUT2D eigenvalue weighted by atomic mass is 19.1. The number of benzene rings is 1. The third-order valence-corrected chi connectivity index (χ3v) is 5.81. The zero-order valence-electron chi connectivity index (χ0n) is 16.5. The summed E-state index contributed by atoms with van der Waals surface area (Å²) in [7, 11) is 0. The van der Waals surface area contributed by atoms with Crippen molar-refractivity contribution < 1.29 is 24.1 Å². The van der Waals surface area contributed by atoms with Crippen LogP contribution in [0.3, 0.4) is 0 Å². The maximum absolute atomic E-state index is 12.9. The fourth-order valence-electron chi connectivity index (χ4n) is 4.35. The van der Waals surface area contributed by atoms with Gasteiger partial charge < -0.3 is 14.9 Å². The molecule has 0 amide bonds. The zero-order chi connectivity index (χ0) is 20.6. The maximum atomic E-state index is 12.9. The Morgan fingerprint density at radius 2 is 1.97 bits per heavy atom. The molecule has 4 nitrogen and oxygen atoms in total. The van der Waals surface area contributed by atoms with E-state index in [0.717, 1.165) is 19.3 Å². The number of aliphatic carboxylic acids is 1. The van der Waals surface area contributed by atoms with Crippen molar-refractivity contribution in [2.24, 2.45) is 23.7 Å². The predicted molar refractivity (Wildman–Crippen MR) is 110 cm³/mol. The number of hydrogen-bond donors (Lipinski definition) is 2. The van der Waals surface area contributed by atoms with Gasteiger partial charge in [-0.15, -0.1) is 0 Å². The van der Waals surface area contributed by atoms with Gasteiger partial charge in [0.1, 0.15) is 24.3 Å². The van der Waals surface area contributed by atoms with E-state index in [1.54, 1.807) is 12.1 Å². The minimum atomic E-state index is -0.746. The molecule has 2 bridgehead atoms. The largest absolute Gasteiger partial charge is 0.491 e. The average Bonchev–Trinajstić information content (AvgIpc) is 3.30. The van der Waals surface area contributed by atoms with Gasteiger partial charge in [0.15, 0.2) is 0 Å². The lowest BCUT2D eigenvalue weighted by molar-refractivity contribution is -0.137. The van der Waals surface area contributed by atoms with Gasteiger partial charge in [-0.25, -0.2) is 4.39 Å². The summed E-state index contributed by atoms with van der Waals surface area (Å²) >= 11 is 0. The van der Waals surface area contributed by atoms with Crippen LogP contribution in [-0.4, -0.2) is 28.9 Å². The van der Waals surface area contributed by atoms with Crippen molar-refractivity contribution in [1.82, 2.24) is 0 Å². The fourth-order valence-corrected chi connectivity index (χ4v) is 4.35. The van der Waals surface area contributed by atoms with Crippen LogP contribution in [0.25, 0.3) is 0 Å². The second-order valence-electron chi connectivity index (χ2n) is 7.90. The number of aliphatic hydroxyl groups excluding tert-OH is 1. The number of allylic oxidation sites excluding steroid dienone is 5. The molecule has 156 valence electrons. The van der Waals surface area contributed by atoms with E-state index >= 15 is 0 Å². The van der Waals surface area contributed by atoms with Crippen LogP contribution in [0, 0.1) is 29.5 Å². The smallest absolute Gasteiger partial charge is 0.303 e. The van der Waals surface area contributed by atoms with Gasteiger partial charge in [-0.3, -0.25) is 4.79 Å². The first kappa shape index (κ1) is 21.3. The molecular weight excluding hydrogens is 371 g/mol. The first-order valence-corrected chi connectivity index (χ1v) is 10.3. The number of aliphatic hydroxyl groups is 1. The van der Waals surface area contributed by atoms with E-state index in [2.05, 4.69) is 30.4 Å². The van der Waals surface area contributed by atoms with Crippen LogP contribution in [0.4, 0.5) is 4.39 Å². The van der Waals surface area contributed by atoms with Crippen molar-refractivity contribution in [3.05, 3.63) is 66.5 Å². The topological polar surface area (TPSA) is 66.8 Å². The van der Waals surface area contributed by atoms with Crippen LogP contribution in [0.2, 0.25) is 0 Å². The molecule has 2 N–H and O–H groups in total. The van der Waals surface area contributed by atoms with Gasteiger partial charge in [-0.1, -0.05) is 36.5 Å². The predicted octanol–water partition coefficient (Wildman–Crippen LogP) is 4.76. The molecule has 1 aromatic rings. The van der Waals surface area contributed by atoms with E-state index in [1.807, 2.05) is 6.08 Å². The molecular formula is C24H29FO4. The van der Waals surface area contributed by atoms with Gasteiger partial charge >= 0.3 is 5.97 Å². The van der Waals surface area contributed by atoms with Gasteiger partial charge in [0.05, 0.1) is 0 Å². The van der Waals surface area contributed by atoms with Crippen LogP contribution in [0.15, 0.2) is 60.7 Å². The molecule has 5 atom stereocenters. The lowest BCUT2D eigenvalue weighted by atomic mass is 9.80. The summed E-state index contributed by atoms with van der Waals surface area (Å²) in [4.78, 5) is 10.6. The number of ether oxygens (including phenoxy) is 1. The van der Waals surface area contributed by atoms with E-state index in [9.17, 15) is 14.3 Å². The second kappa shape index (κ2) is 10.4. The number of halogens is 1. The monoisotopic (exact) mass is 400 g/mol. The van der Waals surface area contributed by atoms with Crippen LogP contribution in [0.5, 0.6) is 5.75 Å². The highest BCUT2D eigenvalue weighted by Gasteiger charge is 2.42. The molecule has 1 fully saturated rings. The number of rotatable bonds is 11. The van der Waals surface area contributed by atoms with Crippen molar-refractivity contribution in [1.29, 1.82) is 0 Å². The minimum Gasteiger partial charge on any atom is -0.491 e. The summed E-state index contributed by atoms with van der Waals surface area (Å²) in [6.07, 6.45) is 15.9. The van der Waals surface area contributed by atoms with Crippen molar-refractivity contribution in [3.8, 4) is 5.75 Å². The van der Waals surface area contributed by atoms with E-state index in [-0.39, 0.29) is 18.8 Å². The molecule has 0 spiro atoms. The molecule has 29 heavy (non-hydrogen) atoms. The zero-order valence-corrected chi connectivity index (χ0v) is 16.5. The summed E-state index contributed by atoms with van der Waals surface area (Å²) in [5.74, 6) is 1.48. The number of fused-ring (bicyclic) bond motifs is 2. The Labute approximate surface area is 171 Å². The van der Waals surface area contributed by atoms with Gasteiger partial charge in [0.2, 0.25) is 0 Å². The Bertz CT molecular complexity index is 753. The van der Waals surface area contributed by atoms with Gasteiger partial charge in [-0.05, 0) is 73.6 Å². The number of hydrogen-bond acceptors (Lipinski definition) is 3. The lowest BCUT2D eigenvalue weighted by Gasteiger charge is -2.25. The summed E-state index contributed by atoms with van der Waals surface area (Å²) in [5, 5.41) is 18.9. The number of unbranched alkanes of at least 4 members (excludes halogenated alkanes) is 1. The highest BCUT2D eigenvalue weighted by Crippen LogP contribution is 2.50. The Morgan fingerprint density at radius 1 is 1.21 bits per heavy atom. The molecule has 2 aliphatic rings. The van der Waals surface area contributed by atoms with E-state index in [4.69, 9.17) is 9.84 Å². The van der Waals surface area contributed by atoms with Gasteiger partial charge in [0.25, 0.3) is 0 Å². The Morgan fingerprint density at radius 3 is 2.72 bits per heavy atom. The Hall–Kier alpha value is -2.40. The molecule has 0 aromatic heterocycles. The SMILES string of the molecule is O=C(O)CCC/C=C\C[C@H]1C2C=CC(C2)[C@@H]1/C=C/[C@@H](O)COc1ccc(F)cc1. The van der Waals surface area contributed by atoms with E-state index in [0.29, 0.717) is 35.8 Å². The summed E-state index contributed by atoms with van der Waals surface area (Å²) in [5.41, 5.74) is 0. The Balaban J connectivity index is 1.47. The molecule has 1 saturated carbocycles. The van der Waals surface area contributed by atoms with Crippen LogP contribution in [-0.2, 0) is 4.79 Å². The van der Waals surface area contributed by atoms with Crippen LogP contribution >= 0.6 is 0 Å². The molecule has 0 aliphatic heterocycles. The number of carbonyl (C=O) groups is 1. The summed E-state index contributed by atoms with van der Waals surface area (Å²) in [6, 6.07) is 5.76. The van der Waals surface area contributed by atoms with E-state index < -0.39 is 12.1 Å². The van der Waals surface area contributed by atoms with Crippen molar-refractivity contribution in [3.63, 3.8) is 0 Å².